The number of amides is 1. The van der Waals surface area contributed by atoms with E-state index >= 15 is 0 Å². The van der Waals surface area contributed by atoms with Crippen LogP contribution >= 0.6 is 11.3 Å². The fraction of sp³-hybridized carbons (Fsp3) is 0.100. The van der Waals surface area contributed by atoms with Gasteiger partial charge in [-0.05, 0) is 17.7 Å². The summed E-state index contributed by atoms with van der Waals surface area (Å²) in [5.41, 5.74) is 6.80. The van der Waals surface area contributed by atoms with Crippen molar-refractivity contribution in [1.29, 1.82) is 0 Å². The average molecular weight is 298 g/mol. The minimum atomic E-state index is -2.78. The molecule has 0 fully saturated rings. The lowest BCUT2D eigenvalue weighted by Crippen LogP contribution is -2.11. The molecule has 0 spiro atoms. The zero-order valence-electron chi connectivity index (χ0n) is 9.57. The smallest absolute Gasteiger partial charge is 0.257 e. The van der Waals surface area contributed by atoms with Crippen molar-refractivity contribution in [3.8, 4) is 0 Å². The van der Waals surface area contributed by atoms with Crippen LogP contribution in [0.5, 0.6) is 0 Å². The average Bonchev–Trinajstić information content (AvgIpc) is 2.87. The van der Waals surface area contributed by atoms with Crippen molar-refractivity contribution in [3.05, 3.63) is 35.4 Å². The summed E-state index contributed by atoms with van der Waals surface area (Å²) in [5.74, 6) is -0.382. The number of nitrogens with two attached hydrogens (primary N) is 1. The molecule has 2 rings (SSSR count). The van der Waals surface area contributed by atoms with E-state index in [-0.39, 0.29) is 15.4 Å². The van der Waals surface area contributed by atoms with Crippen molar-refractivity contribution in [2.75, 3.05) is 5.32 Å². The van der Waals surface area contributed by atoms with Crippen LogP contribution in [0.4, 0.5) is 5.13 Å². The van der Waals surface area contributed by atoms with E-state index in [2.05, 4.69) is 15.5 Å². The number of anilines is 1. The Morgan fingerprint density at radius 1 is 1.26 bits per heavy atom. The third-order valence-electron chi connectivity index (χ3n) is 2.24. The number of nitrogens with zero attached hydrogens (tertiary/aromatic N) is 2. The Morgan fingerprint density at radius 2 is 1.95 bits per heavy atom. The predicted octanol–water partition coefficient (Wildman–Crippen LogP) is 0.219. The number of carbonyl (C=O) groups is 1. The van der Waals surface area contributed by atoms with E-state index in [9.17, 15) is 13.2 Å². The highest BCUT2D eigenvalue weighted by Gasteiger charge is 2.11. The summed E-state index contributed by atoms with van der Waals surface area (Å²) in [6.45, 7) is 0.401. The van der Waals surface area contributed by atoms with E-state index in [4.69, 9.17) is 5.73 Å². The van der Waals surface area contributed by atoms with Crippen LogP contribution in [0.2, 0.25) is 0 Å². The number of hydrogen-bond acceptors (Lipinski definition) is 7. The van der Waals surface area contributed by atoms with E-state index in [1.54, 1.807) is 24.3 Å². The first-order valence-corrected chi connectivity index (χ1v) is 7.18. The molecule has 2 aromatic rings. The molecule has 0 aliphatic rings. The molecule has 0 saturated carbocycles. The summed E-state index contributed by atoms with van der Waals surface area (Å²) in [4.78, 5) is 11.8. The van der Waals surface area contributed by atoms with Crippen LogP contribution in [0, 0.1) is 0 Å². The van der Waals surface area contributed by atoms with Gasteiger partial charge in [-0.25, -0.2) is 8.42 Å². The Balaban J connectivity index is 2.10. The van der Waals surface area contributed by atoms with Gasteiger partial charge in [0.2, 0.25) is 9.47 Å². The minimum absolute atomic E-state index is 0.135. The lowest BCUT2D eigenvalue weighted by molar-refractivity contribution is 0.102. The van der Waals surface area contributed by atoms with E-state index in [1.165, 1.54) is 0 Å². The van der Waals surface area contributed by atoms with E-state index in [0.29, 0.717) is 12.1 Å². The van der Waals surface area contributed by atoms with Crippen molar-refractivity contribution in [1.82, 2.24) is 10.2 Å². The number of hydrogen-bond donors (Lipinski definition) is 3. The van der Waals surface area contributed by atoms with Crippen molar-refractivity contribution in [3.63, 3.8) is 0 Å². The SMILES string of the molecule is NCc1ccc(C(=O)Nc2nnc([SH](=O)=O)s2)cc1. The number of carbonyl (C=O) groups excluding carboxylic acids is 1. The Hall–Kier alpha value is -1.84. The van der Waals surface area contributed by atoms with E-state index < -0.39 is 10.7 Å². The molecule has 0 aliphatic carbocycles. The summed E-state index contributed by atoms with van der Waals surface area (Å²) in [6, 6.07) is 6.76. The van der Waals surface area contributed by atoms with Gasteiger partial charge in [0.1, 0.15) is 0 Å². The maximum atomic E-state index is 11.8. The Labute approximate surface area is 114 Å². The maximum Gasteiger partial charge on any atom is 0.257 e. The molecular formula is C10H10N4O3S2. The van der Waals surface area contributed by atoms with Crippen LogP contribution in [0.1, 0.15) is 15.9 Å². The molecule has 0 radical (unpaired) electrons. The summed E-state index contributed by atoms with van der Waals surface area (Å²) in [5, 5.41) is 9.62. The third-order valence-corrected chi connectivity index (χ3v) is 4.01. The summed E-state index contributed by atoms with van der Waals surface area (Å²) in [6.07, 6.45) is 0. The second-order valence-corrected chi connectivity index (χ2v) is 5.72. The van der Waals surface area contributed by atoms with Gasteiger partial charge in [-0.2, -0.15) is 0 Å². The standard InChI is InChI=1S/C10H10N4O3S2/c11-5-6-1-3-7(4-2-6)8(15)12-9-13-14-10(18-9)19(16)17/h1-4,19H,5,11H2,(H,12,13,15). The molecular weight excluding hydrogens is 288 g/mol. The molecule has 0 unspecified atom stereocenters. The third kappa shape index (κ3) is 3.34. The fourth-order valence-electron chi connectivity index (χ4n) is 1.30. The first kappa shape index (κ1) is 13.6. The zero-order chi connectivity index (χ0) is 13.8. The van der Waals surface area contributed by atoms with Gasteiger partial charge in [-0.3, -0.25) is 10.1 Å². The molecule has 1 aromatic carbocycles. The molecule has 7 nitrogen and oxygen atoms in total. The Morgan fingerprint density at radius 3 is 2.47 bits per heavy atom. The monoisotopic (exact) mass is 298 g/mol. The second-order valence-electron chi connectivity index (χ2n) is 3.50. The fourth-order valence-corrected chi connectivity index (χ4v) is 2.46. The lowest BCUT2D eigenvalue weighted by Gasteiger charge is -2.02. The van der Waals surface area contributed by atoms with Crippen LogP contribution in [0.25, 0.3) is 0 Å². The summed E-state index contributed by atoms with van der Waals surface area (Å²) in [7, 11) is -2.78. The molecule has 100 valence electrons. The first-order valence-electron chi connectivity index (χ1n) is 5.18. The van der Waals surface area contributed by atoms with Crippen molar-refractivity contribution in [2.45, 2.75) is 10.9 Å². The first-order chi connectivity index (χ1) is 9.10. The van der Waals surface area contributed by atoms with Crippen molar-refractivity contribution in [2.24, 2.45) is 5.73 Å². The molecule has 1 amide bonds. The molecule has 1 aromatic heterocycles. The van der Waals surface area contributed by atoms with Crippen LogP contribution in [0.15, 0.2) is 28.6 Å². The second kappa shape index (κ2) is 5.87. The van der Waals surface area contributed by atoms with Crippen molar-refractivity contribution >= 4 is 33.1 Å². The van der Waals surface area contributed by atoms with Gasteiger partial charge in [-0.1, -0.05) is 23.5 Å². The van der Waals surface area contributed by atoms with Gasteiger partial charge >= 0.3 is 0 Å². The normalized spacial score (nSPS) is 10.6. The van der Waals surface area contributed by atoms with Gasteiger partial charge in [0.05, 0.1) is 0 Å². The van der Waals surface area contributed by atoms with Gasteiger partial charge in [0.15, 0.2) is 10.7 Å². The molecule has 3 N–H and O–H groups in total. The van der Waals surface area contributed by atoms with Crippen LogP contribution in [0.3, 0.4) is 0 Å². The van der Waals surface area contributed by atoms with Gasteiger partial charge < -0.3 is 5.73 Å². The van der Waals surface area contributed by atoms with Crippen LogP contribution in [-0.2, 0) is 17.2 Å². The zero-order valence-corrected chi connectivity index (χ0v) is 11.3. The van der Waals surface area contributed by atoms with Crippen LogP contribution < -0.4 is 11.1 Å². The number of benzene rings is 1. The molecule has 19 heavy (non-hydrogen) atoms. The molecule has 9 heteroatoms. The molecule has 0 bridgehead atoms. The predicted molar refractivity (Wildman–Crippen MR) is 70.8 cm³/mol. The van der Waals surface area contributed by atoms with Crippen molar-refractivity contribution < 1.29 is 13.2 Å². The minimum Gasteiger partial charge on any atom is -0.326 e. The summed E-state index contributed by atoms with van der Waals surface area (Å²) >= 11 is 0.801. The maximum absolute atomic E-state index is 11.8. The highest BCUT2D eigenvalue weighted by Crippen LogP contribution is 2.17. The molecule has 0 aliphatic heterocycles. The van der Waals surface area contributed by atoms with Gasteiger partial charge in [0.25, 0.3) is 5.91 Å². The topological polar surface area (TPSA) is 115 Å². The van der Waals surface area contributed by atoms with Gasteiger partial charge in [0, 0.05) is 12.1 Å². The number of rotatable bonds is 4. The number of thiol groups is 1. The highest BCUT2D eigenvalue weighted by molar-refractivity contribution is 7.75. The Bertz CT molecular complexity index is 656. The number of aromatic nitrogens is 2. The van der Waals surface area contributed by atoms with Gasteiger partial charge in [-0.15, -0.1) is 10.2 Å². The molecule has 0 atom stereocenters. The largest absolute Gasteiger partial charge is 0.326 e. The summed E-state index contributed by atoms with van der Waals surface area (Å²) < 4.78 is 21.2. The molecule has 1 heterocycles. The van der Waals surface area contributed by atoms with E-state index in [1.807, 2.05) is 0 Å². The Kier molecular flexibility index (Phi) is 4.20. The number of nitrogens with one attached hydrogen (secondary N) is 1. The molecule has 0 saturated heterocycles. The highest BCUT2D eigenvalue weighted by atomic mass is 32.2. The van der Waals surface area contributed by atoms with Crippen LogP contribution in [-0.4, -0.2) is 24.5 Å². The lowest BCUT2D eigenvalue weighted by atomic mass is 10.1. The van der Waals surface area contributed by atoms with E-state index in [0.717, 1.165) is 16.9 Å². The quantitative estimate of drug-likeness (QED) is 0.549.